The first-order valence-corrected chi connectivity index (χ1v) is 9.84. The molecule has 2 heterocycles. The van der Waals surface area contributed by atoms with E-state index in [1.165, 1.54) is 12.4 Å². The number of hydrogen-bond donors (Lipinski definition) is 3. The highest BCUT2D eigenvalue weighted by Gasteiger charge is 2.29. The fourth-order valence-electron chi connectivity index (χ4n) is 3.69. The quantitative estimate of drug-likeness (QED) is 0.625. The number of H-pyrrole nitrogens is 1. The van der Waals surface area contributed by atoms with Crippen molar-refractivity contribution in [1.82, 2.24) is 25.6 Å². The summed E-state index contributed by atoms with van der Waals surface area (Å²) in [6.45, 7) is 0. The highest BCUT2D eigenvalue weighted by molar-refractivity contribution is 5.94. The summed E-state index contributed by atoms with van der Waals surface area (Å²) in [5.41, 5.74) is 2.42. The second kappa shape index (κ2) is 8.68. The maximum Gasteiger partial charge on any atom is 0.289 e. The van der Waals surface area contributed by atoms with Crippen LogP contribution >= 0.6 is 0 Å². The first-order valence-electron chi connectivity index (χ1n) is 9.84. The van der Waals surface area contributed by atoms with Gasteiger partial charge in [-0.3, -0.25) is 9.59 Å². The summed E-state index contributed by atoms with van der Waals surface area (Å²) in [5.74, 6) is -0.350. The van der Waals surface area contributed by atoms with Crippen LogP contribution in [0.5, 0.6) is 0 Å². The number of nitrogens with one attached hydrogen (secondary N) is 3. The maximum atomic E-state index is 12.8. The molecule has 0 bridgehead atoms. The lowest BCUT2D eigenvalue weighted by Crippen LogP contribution is -2.53. The minimum absolute atomic E-state index is 0.132. The van der Waals surface area contributed by atoms with Crippen LogP contribution in [0.1, 0.15) is 46.8 Å². The Labute approximate surface area is 169 Å². The van der Waals surface area contributed by atoms with Crippen LogP contribution in [-0.2, 0) is 0 Å². The van der Waals surface area contributed by atoms with Gasteiger partial charge in [0, 0.05) is 30.2 Å². The van der Waals surface area contributed by atoms with Crippen molar-refractivity contribution in [3.05, 3.63) is 72.4 Å². The third-order valence-corrected chi connectivity index (χ3v) is 5.18. The maximum absolute atomic E-state index is 12.8. The predicted octanol–water partition coefficient (Wildman–Crippen LogP) is 2.94. The van der Waals surface area contributed by atoms with Gasteiger partial charge in [-0.25, -0.2) is 9.97 Å². The molecule has 4 rings (SSSR count). The largest absolute Gasteiger partial charge is 0.351 e. The van der Waals surface area contributed by atoms with Crippen LogP contribution < -0.4 is 10.6 Å². The van der Waals surface area contributed by atoms with E-state index in [9.17, 15) is 9.59 Å². The van der Waals surface area contributed by atoms with E-state index in [1.807, 2.05) is 36.4 Å². The van der Waals surface area contributed by atoms with Crippen LogP contribution in [0.2, 0.25) is 0 Å². The van der Waals surface area contributed by atoms with Gasteiger partial charge < -0.3 is 15.6 Å². The molecule has 7 nitrogen and oxygen atoms in total. The molecule has 0 aliphatic heterocycles. The van der Waals surface area contributed by atoms with E-state index in [0.717, 1.165) is 36.9 Å². The SMILES string of the molecule is O=C(N[C@H]1CCCC[C@H]1NC(=O)c1ccc(-c2ccccc2)[nH]1)c1ncccn1. The zero-order chi connectivity index (χ0) is 20.1. The molecule has 1 aliphatic carbocycles. The van der Waals surface area contributed by atoms with Gasteiger partial charge in [-0.15, -0.1) is 0 Å². The van der Waals surface area contributed by atoms with Gasteiger partial charge in [0.2, 0.25) is 5.82 Å². The van der Waals surface area contributed by atoms with Crippen LogP contribution in [0.25, 0.3) is 11.3 Å². The topological polar surface area (TPSA) is 99.8 Å². The van der Waals surface area contributed by atoms with Crippen molar-refractivity contribution in [3.8, 4) is 11.3 Å². The average molecular weight is 389 g/mol. The van der Waals surface area contributed by atoms with Crippen molar-refractivity contribution in [1.29, 1.82) is 0 Å². The first kappa shape index (κ1) is 18.9. The zero-order valence-electron chi connectivity index (χ0n) is 16.0. The summed E-state index contributed by atoms with van der Waals surface area (Å²) in [5, 5.41) is 6.07. The Morgan fingerprint density at radius 1 is 0.828 bits per heavy atom. The number of hydrogen-bond acceptors (Lipinski definition) is 4. The third kappa shape index (κ3) is 4.51. The lowest BCUT2D eigenvalue weighted by atomic mass is 9.90. The van der Waals surface area contributed by atoms with E-state index in [-0.39, 0.29) is 29.7 Å². The van der Waals surface area contributed by atoms with E-state index in [2.05, 4.69) is 25.6 Å². The van der Waals surface area contributed by atoms with Gasteiger partial charge >= 0.3 is 0 Å². The minimum Gasteiger partial charge on any atom is -0.351 e. The number of benzene rings is 1. The molecule has 0 saturated heterocycles. The Balaban J connectivity index is 1.42. The molecule has 3 aromatic rings. The molecule has 2 aromatic heterocycles. The Morgan fingerprint density at radius 2 is 1.48 bits per heavy atom. The molecule has 1 saturated carbocycles. The smallest absolute Gasteiger partial charge is 0.289 e. The van der Waals surface area contributed by atoms with E-state index in [0.29, 0.717) is 5.69 Å². The van der Waals surface area contributed by atoms with Crippen LogP contribution in [0, 0.1) is 0 Å². The lowest BCUT2D eigenvalue weighted by molar-refractivity contribution is 0.0855. The molecule has 0 radical (unpaired) electrons. The molecule has 0 unspecified atom stereocenters. The van der Waals surface area contributed by atoms with Crippen LogP contribution in [0.4, 0.5) is 0 Å². The lowest BCUT2D eigenvalue weighted by Gasteiger charge is -2.32. The van der Waals surface area contributed by atoms with Gasteiger partial charge in [0.15, 0.2) is 0 Å². The van der Waals surface area contributed by atoms with Crippen molar-refractivity contribution >= 4 is 11.8 Å². The van der Waals surface area contributed by atoms with Crippen molar-refractivity contribution in [2.24, 2.45) is 0 Å². The van der Waals surface area contributed by atoms with Crippen molar-refractivity contribution in [2.45, 2.75) is 37.8 Å². The second-order valence-electron chi connectivity index (χ2n) is 7.17. The molecule has 7 heteroatoms. The number of aromatic nitrogens is 3. The van der Waals surface area contributed by atoms with Gasteiger partial charge in [-0.05, 0) is 36.6 Å². The molecule has 1 fully saturated rings. The number of nitrogens with zero attached hydrogens (tertiary/aromatic N) is 2. The van der Waals surface area contributed by atoms with E-state index < -0.39 is 0 Å². The molecule has 3 N–H and O–H groups in total. The molecule has 2 atom stereocenters. The second-order valence-corrected chi connectivity index (χ2v) is 7.17. The highest BCUT2D eigenvalue weighted by atomic mass is 16.2. The van der Waals surface area contributed by atoms with Crippen molar-refractivity contribution < 1.29 is 9.59 Å². The molecule has 29 heavy (non-hydrogen) atoms. The molecular weight excluding hydrogens is 366 g/mol. The van der Waals surface area contributed by atoms with Gasteiger partial charge in [0.25, 0.3) is 11.8 Å². The van der Waals surface area contributed by atoms with Crippen LogP contribution in [0.15, 0.2) is 60.9 Å². The van der Waals surface area contributed by atoms with Crippen LogP contribution in [0.3, 0.4) is 0 Å². The molecule has 1 aliphatic rings. The standard InChI is InChI=1S/C22H23N5O2/c28-21(19-12-11-16(25-19)15-7-2-1-3-8-15)26-17-9-4-5-10-18(17)27-22(29)20-23-13-6-14-24-20/h1-3,6-8,11-14,17-18,25H,4-5,9-10H2,(H,26,28)(H,27,29)/t17-,18+/m1/s1. The summed E-state index contributed by atoms with van der Waals surface area (Å²) in [4.78, 5) is 36.4. The Hall–Kier alpha value is -3.48. The summed E-state index contributed by atoms with van der Waals surface area (Å²) in [6.07, 6.45) is 6.73. The van der Waals surface area contributed by atoms with Crippen molar-refractivity contribution in [2.75, 3.05) is 0 Å². The number of rotatable bonds is 5. The molecular formula is C22H23N5O2. The number of amides is 2. The van der Waals surface area contributed by atoms with Crippen molar-refractivity contribution in [3.63, 3.8) is 0 Å². The summed E-state index contributed by atoms with van der Waals surface area (Å²) in [7, 11) is 0. The summed E-state index contributed by atoms with van der Waals surface area (Å²) in [6, 6.07) is 14.9. The van der Waals surface area contributed by atoms with Gasteiger partial charge in [-0.1, -0.05) is 43.2 Å². The molecule has 2 amide bonds. The zero-order valence-corrected chi connectivity index (χ0v) is 16.0. The molecule has 148 valence electrons. The first-order chi connectivity index (χ1) is 14.2. The van der Waals surface area contributed by atoms with E-state index in [1.54, 1.807) is 12.1 Å². The Morgan fingerprint density at radius 3 is 2.17 bits per heavy atom. The number of carbonyl (C=O) groups is 2. The summed E-state index contributed by atoms with van der Waals surface area (Å²) >= 11 is 0. The fourth-order valence-corrected chi connectivity index (χ4v) is 3.69. The monoisotopic (exact) mass is 389 g/mol. The molecule has 0 spiro atoms. The Bertz CT molecular complexity index is 971. The van der Waals surface area contributed by atoms with Crippen LogP contribution in [-0.4, -0.2) is 38.8 Å². The third-order valence-electron chi connectivity index (χ3n) is 5.18. The number of aromatic amines is 1. The minimum atomic E-state index is -0.317. The van der Waals surface area contributed by atoms with Gasteiger partial charge in [0.05, 0.1) is 0 Å². The highest BCUT2D eigenvalue weighted by Crippen LogP contribution is 2.21. The summed E-state index contributed by atoms with van der Waals surface area (Å²) < 4.78 is 0. The Kier molecular flexibility index (Phi) is 5.65. The van der Waals surface area contributed by atoms with E-state index >= 15 is 0 Å². The fraction of sp³-hybridized carbons (Fsp3) is 0.273. The molecule has 1 aromatic carbocycles. The van der Waals surface area contributed by atoms with Gasteiger partial charge in [-0.2, -0.15) is 0 Å². The normalized spacial score (nSPS) is 18.8. The average Bonchev–Trinajstić information content (AvgIpc) is 3.27. The van der Waals surface area contributed by atoms with E-state index in [4.69, 9.17) is 0 Å². The van der Waals surface area contributed by atoms with Gasteiger partial charge in [0.1, 0.15) is 5.69 Å². The predicted molar refractivity (Wildman–Crippen MR) is 109 cm³/mol. The number of carbonyl (C=O) groups excluding carboxylic acids is 2.